The van der Waals surface area contributed by atoms with E-state index in [0.717, 1.165) is 16.2 Å². The van der Waals surface area contributed by atoms with Crippen LogP contribution in [0.3, 0.4) is 0 Å². The zero-order valence-corrected chi connectivity index (χ0v) is 18.8. The Hall–Kier alpha value is -3.01. The fourth-order valence-electron chi connectivity index (χ4n) is 3.68. The highest BCUT2D eigenvalue weighted by Gasteiger charge is 2.26. The van der Waals surface area contributed by atoms with Crippen LogP contribution in [0.25, 0.3) is 10.9 Å². The molecule has 0 aliphatic carbocycles. The van der Waals surface area contributed by atoms with Crippen molar-refractivity contribution in [2.24, 2.45) is 0 Å². The number of hydrogen-bond acceptors (Lipinski definition) is 6. The van der Waals surface area contributed by atoms with E-state index in [-0.39, 0.29) is 16.2 Å². The molecule has 5 rings (SSSR count). The summed E-state index contributed by atoms with van der Waals surface area (Å²) in [6, 6.07) is 14.5. The molecule has 0 amide bonds. The minimum atomic E-state index is -4.00. The number of ether oxygens (including phenoxy) is 2. The zero-order valence-electron chi connectivity index (χ0n) is 16.4. The lowest BCUT2D eigenvalue weighted by Gasteiger charge is -2.19. The molecule has 4 aromatic rings. The van der Waals surface area contributed by atoms with Crippen LogP contribution in [0, 0.1) is 0 Å². The van der Waals surface area contributed by atoms with E-state index in [1.54, 1.807) is 36.4 Å². The number of aromatic carboxylic acids is 1. The highest BCUT2D eigenvalue weighted by molar-refractivity contribution is 7.90. The molecule has 0 unspecified atom stereocenters. The molecule has 0 radical (unpaired) electrons. The van der Waals surface area contributed by atoms with Gasteiger partial charge < -0.3 is 14.6 Å². The van der Waals surface area contributed by atoms with Crippen molar-refractivity contribution in [3.05, 3.63) is 75.1 Å². The summed E-state index contributed by atoms with van der Waals surface area (Å²) in [6.07, 6.45) is 0.244. The molecule has 2 aromatic heterocycles. The lowest BCUT2D eigenvalue weighted by molar-refractivity contribution is 0.0702. The van der Waals surface area contributed by atoms with Crippen molar-refractivity contribution < 1.29 is 27.8 Å². The smallest absolute Gasteiger partial charge is 0.345 e. The summed E-state index contributed by atoms with van der Waals surface area (Å²) in [6.45, 7) is 0.752. The molecule has 0 saturated carbocycles. The van der Waals surface area contributed by atoms with Gasteiger partial charge in [-0.05, 0) is 48.5 Å². The first-order chi connectivity index (χ1) is 15.3. The normalized spacial score (nSPS) is 13.4. The van der Waals surface area contributed by atoms with E-state index in [2.05, 4.69) is 0 Å². The van der Waals surface area contributed by atoms with Crippen molar-refractivity contribution in [2.45, 2.75) is 11.3 Å². The number of carbonyl (C=O) groups is 1. The highest BCUT2D eigenvalue weighted by atomic mass is 35.5. The van der Waals surface area contributed by atoms with Gasteiger partial charge in [0, 0.05) is 33.5 Å². The molecule has 164 valence electrons. The third-order valence-corrected chi connectivity index (χ3v) is 8.14. The molecular formula is C22H16ClNO6S2. The number of rotatable bonds is 5. The molecule has 0 fully saturated rings. The Kier molecular flexibility index (Phi) is 5.11. The van der Waals surface area contributed by atoms with Crippen LogP contribution in [-0.2, 0) is 16.4 Å². The van der Waals surface area contributed by atoms with Gasteiger partial charge in [-0.15, -0.1) is 11.3 Å². The first-order valence-corrected chi connectivity index (χ1v) is 12.2. The maximum absolute atomic E-state index is 13.7. The predicted molar refractivity (Wildman–Crippen MR) is 121 cm³/mol. The average molecular weight is 490 g/mol. The fourth-order valence-corrected chi connectivity index (χ4v) is 6.28. The molecule has 0 spiro atoms. The Labute approximate surface area is 192 Å². The van der Waals surface area contributed by atoms with Crippen LogP contribution in [0.1, 0.15) is 20.2 Å². The Morgan fingerprint density at radius 3 is 2.56 bits per heavy atom. The van der Waals surface area contributed by atoms with Gasteiger partial charge in [0.1, 0.15) is 18.1 Å². The molecule has 2 aromatic carbocycles. The van der Waals surface area contributed by atoms with Crippen LogP contribution in [0.4, 0.5) is 0 Å². The van der Waals surface area contributed by atoms with Gasteiger partial charge >= 0.3 is 5.97 Å². The number of fused-ring (bicyclic) bond motifs is 2. The second-order valence-electron chi connectivity index (χ2n) is 7.16. The summed E-state index contributed by atoms with van der Waals surface area (Å²) >= 11 is 7.25. The van der Waals surface area contributed by atoms with E-state index < -0.39 is 16.0 Å². The molecule has 32 heavy (non-hydrogen) atoms. The van der Waals surface area contributed by atoms with E-state index in [9.17, 15) is 18.3 Å². The van der Waals surface area contributed by atoms with Gasteiger partial charge in [-0.1, -0.05) is 11.6 Å². The number of thiophene rings is 1. The Morgan fingerprint density at radius 2 is 1.81 bits per heavy atom. The van der Waals surface area contributed by atoms with E-state index in [0.29, 0.717) is 46.3 Å². The third-order valence-electron chi connectivity index (χ3n) is 5.07. The van der Waals surface area contributed by atoms with Crippen LogP contribution in [-0.4, -0.2) is 36.7 Å². The maximum atomic E-state index is 13.7. The maximum Gasteiger partial charge on any atom is 0.345 e. The first kappa shape index (κ1) is 20.9. The molecule has 7 nitrogen and oxygen atoms in total. The van der Waals surface area contributed by atoms with Crippen molar-refractivity contribution in [2.75, 3.05) is 13.2 Å². The Bertz CT molecular complexity index is 1470. The number of carboxylic acids is 1. The monoisotopic (exact) mass is 489 g/mol. The molecule has 1 aliphatic heterocycles. The van der Waals surface area contributed by atoms with Gasteiger partial charge in [0.2, 0.25) is 0 Å². The lowest BCUT2D eigenvalue weighted by atomic mass is 10.2. The molecular weight excluding hydrogens is 474 g/mol. The summed E-state index contributed by atoms with van der Waals surface area (Å²) in [5.41, 5.74) is 0.977. The summed E-state index contributed by atoms with van der Waals surface area (Å²) in [4.78, 5) is 12.2. The second-order valence-corrected chi connectivity index (χ2v) is 10.6. The summed E-state index contributed by atoms with van der Waals surface area (Å²) < 4.78 is 39.8. The van der Waals surface area contributed by atoms with Crippen LogP contribution in [0.5, 0.6) is 11.5 Å². The molecule has 10 heteroatoms. The molecule has 0 bridgehead atoms. The molecule has 0 atom stereocenters. The Balaban J connectivity index is 1.66. The quantitative estimate of drug-likeness (QED) is 0.438. The van der Waals surface area contributed by atoms with Crippen LogP contribution >= 0.6 is 22.9 Å². The minimum absolute atomic E-state index is 0.0628. The van der Waals surface area contributed by atoms with Gasteiger partial charge in [-0.3, -0.25) is 0 Å². The van der Waals surface area contributed by atoms with Crippen LogP contribution in [0.2, 0.25) is 5.02 Å². The zero-order chi connectivity index (χ0) is 22.5. The fraction of sp³-hybridized carbons (Fsp3) is 0.136. The molecule has 1 N–H and O–H groups in total. The van der Waals surface area contributed by atoms with Gasteiger partial charge in [0.25, 0.3) is 10.0 Å². The number of benzene rings is 2. The van der Waals surface area contributed by atoms with Crippen LogP contribution < -0.4 is 9.47 Å². The first-order valence-electron chi connectivity index (χ1n) is 9.60. The van der Waals surface area contributed by atoms with Gasteiger partial charge in [-0.25, -0.2) is 17.2 Å². The van der Waals surface area contributed by atoms with E-state index >= 15 is 0 Å². The van der Waals surface area contributed by atoms with Crippen LogP contribution in [0.15, 0.2) is 59.5 Å². The second kappa shape index (κ2) is 7.84. The number of hydrogen-bond donors (Lipinski definition) is 1. The van der Waals surface area contributed by atoms with Crippen molar-refractivity contribution in [3.63, 3.8) is 0 Å². The SMILES string of the molecule is O=C(O)c1ccc(Cc2cc3cc(Cl)ccc3n2S(=O)(=O)c2ccc3c(c2)OCCO3)s1. The average Bonchev–Trinajstić information content (AvgIpc) is 3.38. The molecule has 1 aliphatic rings. The molecule has 0 saturated heterocycles. The van der Waals surface area contributed by atoms with Gasteiger partial charge in [0.05, 0.1) is 10.4 Å². The molecule has 3 heterocycles. The predicted octanol–water partition coefficient (Wildman–Crippen LogP) is 4.65. The summed E-state index contributed by atoms with van der Waals surface area (Å²) in [5.74, 6) is -0.139. The van der Waals surface area contributed by atoms with Gasteiger partial charge in [0.15, 0.2) is 11.5 Å². The summed E-state index contributed by atoms with van der Waals surface area (Å²) in [7, 11) is -4.00. The summed E-state index contributed by atoms with van der Waals surface area (Å²) in [5, 5.41) is 10.4. The topological polar surface area (TPSA) is 94.8 Å². The number of nitrogens with zero attached hydrogens (tertiary/aromatic N) is 1. The largest absolute Gasteiger partial charge is 0.486 e. The number of aromatic nitrogens is 1. The van der Waals surface area contributed by atoms with Gasteiger partial charge in [-0.2, -0.15) is 0 Å². The standard InChI is InChI=1S/C22H16ClNO6S2/c23-14-1-4-18-13(9-14)10-15(11-16-2-6-21(31-16)22(25)26)24(18)32(27,28)17-3-5-19-20(12-17)30-8-7-29-19/h1-6,9-10,12H,7-8,11H2,(H,25,26). The van der Waals surface area contributed by atoms with E-state index in [4.69, 9.17) is 21.1 Å². The van der Waals surface area contributed by atoms with Crippen molar-refractivity contribution >= 4 is 49.8 Å². The number of carboxylic acid groups (broad SMARTS) is 1. The van der Waals surface area contributed by atoms with E-state index in [1.165, 1.54) is 22.2 Å². The third kappa shape index (κ3) is 3.62. The minimum Gasteiger partial charge on any atom is -0.486 e. The van der Waals surface area contributed by atoms with Crippen molar-refractivity contribution in [1.82, 2.24) is 3.97 Å². The van der Waals surface area contributed by atoms with E-state index in [1.807, 2.05) is 0 Å². The van der Waals surface area contributed by atoms with Crippen molar-refractivity contribution in [1.29, 1.82) is 0 Å². The van der Waals surface area contributed by atoms with Crippen molar-refractivity contribution in [3.8, 4) is 11.5 Å². The lowest BCUT2D eigenvalue weighted by Crippen LogP contribution is -2.18. The highest BCUT2D eigenvalue weighted by Crippen LogP contribution is 2.35. The number of halogens is 1. The Morgan fingerprint density at radius 1 is 1.03 bits per heavy atom.